The summed E-state index contributed by atoms with van der Waals surface area (Å²) in [4.78, 5) is 7.41. The van der Waals surface area contributed by atoms with Crippen molar-refractivity contribution in [2.45, 2.75) is 35.2 Å². The van der Waals surface area contributed by atoms with Crippen molar-refractivity contribution in [3.05, 3.63) is 59.5 Å². The molecule has 1 aliphatic heterocycles. The van der Waals surface area contributed by atoms with Crippen LogP contribution in [-0.2, 0) is 15.2 Å². The first kappa shape index (κ1) is 22.3. The van der Waals surface area contributed by atoms with Gasteiger partial charge < -0.3 is 9.64 Å². The van der Waals surface area contributed by atoms with E-state index in [0.29, 0.717) is 37.4 Å². The van der Waals surface area contributed by atoms with Crippen molar-refractivity contribution in [1.82, 2.24) is 4.98 Å². The van der Waals surface area contributed by atoms with Crippen molar-refractivity contribution in [1.29, 1.82) is 0 Å². The normalized spacial score (nSPS) is 15.2. The molecule has 0 atom stereocenters. The second kappa shape index (κ2) is 9.71. The van der Waals surface area contributed by atoms with Gasteiger partial charge in [-0.15, -0.1) is 11.3 Å². The number of hydrogen-bond donors (Lipinski definition) is 0. The Morgan fingerprint density at radius 2 is 1.77 bits per heavy atom. The van der Waals surface area contributed by atoms with Gasteiger partial charge in [0.25, 0.3) is 0 Å². The summed E-state index contributed by atoms with van der Waals surface area (Å²) in [5.74, 6) is 0.854. The van der Waals surface area contributed by atoms with Gasteiger partial charge >= 0.3 is 0 Å². The largest absolute Gasteiger partial charge is 0.494 e. The summed E-state index contributed by atoms with van der Waals surface area (Å²) in [6.45, 7) is 4.00. The summed E-state index contributed by atoms with van der Waals surface area (Å²) in [5.41, 5.74) is 3.06. The minimum Gasteiger partial charge on any atom is -0.494 e. The standard InChI is InChI=1S/C23H25BrN2O3S2/c1-2-29-19-7-5-18(6-8-19)22-16-30-23(25-22)26-13-11-21(12-14-26)31(27,28)20-9-3-17(15-24)4-10-20/h3-10,16,21H,2,11-15H2,1H3. The molecule has 2 aromatic carbocycles. The first-order chi connectivity index (χ1) is 15.0. The van der Waals surface area contributed by atoms with Crippen LogP contribution in [0.1, 0.15) is 25.3 Å². The number of rotatable bonds is 7. The fraction of sp³-hybridized carbons (Fsp3) is 0.348. The average Bonchev–Trinajstić information content (AvgIpc) is 3.30. The highest BCUT2D eigenvalue weighted by atomic mass is 79.9. The Hall–Kier alpha value is -1.90. The van der Waals surface area contributed by atoms with E-state index >= 15 is 0 Å². The Labute approximate surface area is 196 Å². The maximum atomic E-state index is 13.0. The summed E-state index contributed by atoms with van der Waals surface area (Å²) in [7, 11) is -3.31. The van der Waals surface area contributed by atoms with E-state index in [9.17, 15) is 8.42 Å². The fourth-order valence-electron chi connectivity index (χ4n) is 3.75. The summed E-state index contributed by atoms with van der Waals surface area (Å²) in [6, 6.07) is 15.1. The Morgan fingerprint density at radius 3 is 2.39 bits per heavy atom. The Balaban J connectivity index is 1.40. The van der Waals surface area contributed by atoms with Crippen molar-refractivity contribution in [3.8, 4) is 17.0 Å². The lowest BCUT2D eigenvalue weighted by Crippen LogP contribution is -2.39. The number of alkyl halides is 1. The van der Waals surface area contributed by atoms with E-state index in [0.717, 1.165) is 33.0 Å². The molecule has 164 valence electrons. The molecule has 0 N–H and O–H groups in total. The van der Waals surface area contributed by atoms with Crippen LogP contribution in [-0.4, -0.2) is 38.3 Å². The molecule has 8 heteroatoms. The number of sulfone groups is 1. The lowest BCUT2D eigenvalue weighted by molar-refractivity contribution is 0.340. The molecule has 1 aromatic heterocycles. The SMILES string of the molecule is CCOc1ccc(-c2csc(N3CCC(S(=O)(=O)c4ccc(CBr)cc4)CC3)n2)cc1. The second-order valence-corrected chi connectivity index (χ2v) is 11.1. The highest BCUT2D eigenvalue weighted by Gasteiger charge is 2.32. The molecule has 0 radical (unpaired) electrons. The Morgan fingerprint density at radius 1 is 1.10 bits per heavy atom. The van der Waals surface area contributed by atoms with Crippen LogP contribution < -0.4 is 9.64 Å². The zero-order valence-corrected chi connectivity index (χ0v) is 20.5. The third-order valence-electron chi connectivity index (χ3n) is 5.51. The number of piperidine rings is 1. The number of thiazole rings is 1. The molecule has 31 heavy (non-hydrogen) atoms. The van der Waals surface area contributed by atoms with Crippen LogP contribution in [0.3, 0.4) is 0 Å². The van der Waals surface area contributed by atoms with Crippen LogP contribution in [0.25, 0.3) is 11.3 Å². The minimum atomic E-state index is -3.31. The number of halogens is 1. The second-order valence-electron chi connectivity index (χ2n) is 7.48. The van der Waals surface area contributed by atoms with Crippen LogP contribution >= 0.6 is 27.3 Å². The van der Waals surface area contributed by atoms with E-state index in [4.69, 9.17) is 9.72 Å². The van der Waals surface area contributed by atoms with Crippen molar-refractivity contribution in [2.24, 2.45) is 0 Å². The van der Waals surface area contributed by atoms with Crippen LogP contribution in [0.4, 0.5) is 5.13 Å². The summed E-state index contributed by atoms with van der Waals surface area (Å²) >= 11 is 5.00. The van der Waals surface area contributed by atoms with Gasteiger partial charge in [0, 0.05) is 29.4 Å². The van der Waals surface area contributed by atoms with Gasteiger partial charge in [-0.1, -0.05) is 28.1 Å². The third kappa shape index (κ3) is 4.96. The Kier molecular flexibility index (Phi) is 6.99. The van der Waals surface area contributed by atoms with E-state index in [1.54, 1.807) is 23.5 Å². The number of hydrogen-bond acceptors (Lipinski definition) is 6. The molecule has 0 amide bonds. The van der Waals surface area contributed by atoms with Gasteiger partial charge in [-0.05, 0) is 61.7 Å². The third-order valence-corrected chi connectivity index (χ3v) is 9.34. The maximum Gasteiger partial charge on any atom is 0.185 e. The summed E-state index contributed by atoms with van der Waals surface area (Å²) < 4.78 is 31.6. The molecule has 1 saturated heterocycles. The minimum absolute atomic E-state index is 0.343. The van der Waals surface area contributed by atoms with Crippen molar-refractivity contribution in [3.63, 3.8) is 0 Å². The predicted octanol–water partition coefficient (Wildman–Crippen LogP) is 5.55. The van der Waals surface area contributed by atoms with E-state index in [-0.39, 0.29) is 5.25 Å². The predicted molar refractivity (Wildman–Crippen MR) is 130 cm³/mol. The lowest BCUT2D eigenvalue weighted by Gasteiger charge is -2.31. The number of benzene rings is 2. The van der Waals surface area contributed by atoms with E-state index in [1.165, 1.54) is 0 Å². The molecule has 0 spiro atoms. The molecular formula is C23H25BrN2O3S2. The zero-order chi connectivity index (χ0) is 21.8. The van der Waals surface area contributed by atoms with Crippen molar-refractivity contribution >= 4 is 42.2 Å². The van der Waals surface area contributed by atoms with E-state index in [2.05, 4.69) is 26.2 Å². The van der Waals surface area contributed by atoms with Gasteiger partial charge in [-0.2, -0.15) is 0 Å². The molecule has 0 saturated carbocycles. The maximum absolute atomic E-state index is 13.0. The highest BCUT2D eigenvalue weighted by Crippen LogP contribution is 2.32. The average molecular weight is 522 g/mol. The molecule has 1 aliphatic rings. The molecule has 4 rings (SSSR count). The van der Waals surface area contributed by atoms with E-state index < -0.39 is 9.84 Å². The smallest absolute Gasteiger partial charge is 0.185 e. The molecule has 0 bridgehead atoms. The fourth-order valence-corrected chi connectivity index (χ4v) is 6.74. The Bertz CT molecular complexity index is 1100. The molecule has 1 fully saturated rings. The van der Waals surface area contributed by atoms with Crippen molar-refractivity contribution in [2.75, 3.05) is 24.6 Å². The zero-order valence-electron chi connectivity index (χ0n) is 17.3. The lowest BCUT2D eigenvalue weighted by atomic mass is 10.1. The molecule has 3 aromatic rings. The van der Waals surface area contributed by atoms with Crippen LogP contribution in [0.15, 0.2) is 58.8 Å². The molecule has 0 unspecified atom stereocenters. The first-order valence-corrected chi connectivity index (χ1v) is 13.9. The number of anilines is 1. The molecule has 5 nitrogen and oxygen atoms in total. The number of nitrogens with zero attached hydrogens (tertiary/aromatic N) is 2. The van der Waals surface area contributed by atoms with Gasteiger partial charge in [-0.3, -0.25) is 0 Å². The van der Waals surface area contributed by atoms with E-state index in [1.807, 2.05) is 43.3 Å². The van der Waals surface area contributed by atoms with Gasteiger partial charge in [-0.25, -0.2) is 13.4 Å². The van der Waals surface area contributed by atoms with Gasteiger partial charge in [0.2, 0.25) is 0 Å². The van der Waals surface area contributed by atoms with Crippen LogP contribution in [0.2, 0.25) is 0 Å². The molecular weight excluding hydrogens is 496 g/mol. The molecule has 2 heterocycles. The highest BCUT2D eigenvalue weighted by molar-refractivity contribution is 9.08. The number of aromatic nitrogens is 1. The van der Waals surface area contributed by atoms with Gasteiger partial charge in [0.05, 0.1) is 22.4 Å². The molecule has 0 aliphatic carbocycles. The van der Waals surface area contributed by atoms with Crippen LogP contribution in [0.5, 0.6) is 5.75 Å². The monoisotopic (exact) mass is 520 g/mol. The quantitative estimate of drug-likeness (QED) is 0.382. The van der Waals surface area contributed by atoms with Gasteiger partial charge in [0.1, 0.15) is 5.75 Å². The topological polar surface area (TPSA) is 59.5 Å². The summed E-state index contributed by atoms with van der Waals surface area (Å²) in [6.07, 6.45) is 1.22. The summed E-state index contributed by atoms with van der Waals surface area (Å²) in [5, 5.41) is 3.38. The van der Waals surface area contributed by atoms with Gasteiger partial charge in [0.15, 0.2) is 15.0 Å². The first-order valence-electron chi connectivity index (χ1n) is 10.3. The number of ether oxygens (including phenoxy) is 1. The van der Waals surface area contributed by atoms with Crippen molar-refractivity contribution < 1.29 is 13.2 Å². The van der Waals surface area contributed by atoms with Crippen LogP contribution in [0, 0.1) is 0 Å².